The molecule has 29 heavy (non-hydrogen) atoms. The fraction of sp³-hybridized carbons (Fsp3) is 0.571. The molecule has 3 amide bonds. The van der Waals surface area contributed by atoms with Gasteiger partial charge < -0.3 is 15.0 Å². The average Bonchev–Trinajstić information content (AvgIpc) is 3.19. The highest BCUT2D eigenvalue weighted by molar-refractivity contribution is 6.05. The first kappa shape index (κ1) is 20.0. The molecule has 0 bridgehead atoms. The Morgan fingerprint density at radius 1 is 1.28 bits per heavy atom. The molecule has 4 rings (SSSR count). The molecule has 3 heterocycles. The van der Waals surface area contributed by atoms with E-state index in [1.54, 1.807) is 4.90 Å². The van der Waals surface area contributed by atoms with Crippen LogP contribution < -0.4 is 16.0 Å². The van der Waals surface area contributed by atoms with E-state index in [-0.39, 0.29) is 29.9 Å². The second-order valence-electron chi connectivity index (χ2n) is 8.47. The van der Waals surface area contributed by atoms with Gasteiger partial charge in [-0.3, -0.25) is 25.0 Å². The average molecular weight is 400 g/mol. The zero-order chi connectivity index (χ0) is 20.6. The van der Waals surface area contributed by atoms with Crippen molar-refractivity contribution in [2.75, 3.05) is 13.2 Å². The van der Waals surface area contributed by atoms with E-state index in [0.717, 1.165) is 24.1 Å². The molecule has 0 aromatic heterocycles. The molecule has 2 atom stereocenters. The summed E-state index contributed by atoms with van der Waals surface area (Å²) >= 11 is 0. The van der Waals surface area contributed by atoms with Gasteiger partial charge in [-0.25, -0.2) is 0 Å². The lowest BCUT2D eigenvalue weighted by molar-refractivity contribution is -0.136. The van der Waals surface area contributed by atoms with Gasteiger partial charge in [0, 0.05) is 31.1 Å². The van der Waals surface area contributed by atoms with Gasteiger partial charge in [0.1, 0.15) is 11.8 Å². The number of hydrogen-bond donors (Lipinski definition) is 3. The van der Waals surface area contributed by atoms with Crippen molar-refractivity contribution in [1.82, 2.24) is 20.9 Å². The standard InChI is InChI=1S/C21H28N4O4/c1-21(2)24-14(12-29-21)8-9-22-10-13-4-3-5-15-16(13)11-25(20(15)28)17-6-7-18(26)23-19(17)27/h3-5,14,17,22,24H,6-12H2,1-2H3,(H,23,26,27). The smallest absolute Gasteiger partial charge is 0.255 e. The zero-order valence-electron chi connectivity index (χ0n) is 16.9. The molecule has 0 spiro atoms. The van der Waals surface area contributed by atoms with E-state index in [2.05, 4.69) is 16.0 Å². The van der Waals surface area contributed by atoms with Crippen molar-refractivity contribution < 1.29 is 19.1 Å². The van der Waals surface area contributed by atoms with Gasteiger partial charge in [-0.2, -0.15) is 0 Å². The Kier molecular flexibility index (Phi) is 5.42. The first-order chi connectivity index (χ1) is 13.8. The molecule has 2 saturated heterocycles. The number of carbonyl (C=O) groups excluding carboxylic acids is 3. The van der Waals surface area contributed by atoms with Crippen LogP contribution in [0.2, 0.25) is 0 Å². The molecule has 8 heteroatoms. The fourth-order valence-electron chi connectivity index (χ4n) is 4.35. The third-order valence-corrected chi connectivity index (χ3v) is 5.86. The molecule has 0 saturated carbocycles. The van der Waals surface area contributed by atoms with Gasteiger partial charge >= 0.3 is 0 Å². The predicted molar refractivity (Wildman–Crippen MR) is 106 cm³/mol. The lowest BCUT2D eigenvalue weighted by atomic mass is 10.0. The van der Waals surface area contributed by atoms with Gasteiger partial charge in [0.15, 0.2) is 0 Å². The monoisotopic (exact) mass is 400 g/mol. The number of nitrogens with one attached hydrogen (secondary N) is 3. The van der Waals surface area contributed by atoms with Gasteiger partial charge in [-0.15, -0.1) is 0 Å². The van der Waals surface area contributed by atoms with Crippen LogP contribution in [0.15, 0.2) is 18.2 Å². The molecule has 0 radical (unpaired) electrons. The van der Waals surface area contributed by atoms with Crippen molar-refractivity contribution in [3.8, 4) is 0 Å². The van der Waals surface area contributed by atoms with Gasteiger partial charge in [0.05, 0.1) is 6.61 Å². The summed E-state index contributed by atoms with van der Waals surface area (Å²) in [4.78, 5) is 38.1. The number of benzene rings is 1. The third kappa shape index (κ3) is 4.19. The molecule has 8 nitrogen and oxygen atoms in total. The van der Waals surface area contributed by atoms with Gasteiger partial charge in [0.25, 0.3) is 5.91 Å². The number of nitrogens with zero attached hydrogens (tertiary/aromatic N) is 1. The second kappa shape index (κ2) is 7.85. The lowest BCUT2D eigenvalue weighted by Gasteiger charge is -2.29. The number of fused-ring (bicyclic) bond motifs is 1. The second-order valence-corrected chi connectivity index (χ2v) is 8.47. The van der Waals surface area contributed by atoms with Crippen LogP contribution in [0.3, 0.4) is 0 Å². The molecular formula is C21H28N4O4. The van der Waals surface area contributed by atoms with Gasteiger partial charge in [0.2, 0.25) is 11.8 Å². The van der Waals surface area contributed by atoms with Crippen LogP contribution in [0.4, 0.5) is 0 Å². The summed E-state index contributed by atoms with van der Waals surface area (Å²) in [7, 11) is 0. The molecule has 0 aliphatic carbocycles. The topological polar surface area (TPSA) is 99.8 Å². The van der Waals surface area contributed by atoms with Crippen LogP contribution in [-0.4, -0.2) is 53.6 Å². The number of hydrogen-bond acceptors (Lipinski definition) is 6. The summed E-state index contributed by atoms with van der Waals surface area (Å²) in [6, 6.07) is 5.48. The highest BCUT2D eigenvalue weighted by atomic mass is 16.5. The van der Waals surface area contributed by atoms with Crippen LogP contribution in [0, 0.1) is 0 Å². The lowest BCUT2D eigenvalue weighted by Crippen LogP contribution is -2.52. The van der Waals surface area contributed by atoms with E-state index < -0.39 is 6.04 Å². The first-order valence-corrected chi connectivity index (χ1v) is 10.2. The minimum Gasteiger partial charge on any atom is -0.360 e. The Hall–Kier alpha value is -2.29. The van der Waals surface area contributed by atoms with E-state index in [1.165, 1.54) is 0 Å². The molecule has 3 N–H and O–H groups in total. The number of imide groups is 1. The third-order valence-electron chi connectivity index (χ3n) is 5.86. The number of piperidine rings is 1. The van der Waals surface area contributed by atoms with Gasteiger partial charge in [-0.05, 0) is 50.4 Å². The molecule has 2 fully saturated rings. The SMILES string of the molecule is CC1(C)NC(CCNCc2cccc3c2CN(C2CCC(=O)NC2=O)C3=O)CO1. The Morgan fingerprint density at radius 2 is 2.10 bits per heavy atom. The molecular weight excluding hydrogens is 372 g/mol. The van der Waals surface area contributed by atoms with Crippen molar-refractivity contribution in [3.05, 3.63) is 34.9 Å². The summed E-state index contributed by atoms with van der Waals surface area (Å²) < 4.78 is 5.69. The van der Waals surface area contributed by atoms with E-state index in [0.29, 0.717) is 37.7 Å². The molecule has 156 valence electrons. The van der Waals surface area contributed by atoms with Crippen molar-refractivity contribution in [3.63, 3.8) is 0 Å². The maximum absolute atomic E-state index is 12.9. The number of rotatable bonds is 6. The van der Waals surface area contributed by atoms with Crippen molar-refractivity contribution in [2.24, 2.45) is 0 Å². The van der Waals surface area contributed by atoms with Crippen LogP contribution in [-0.2, 0) is 27.4 Å². The van der Waals surface area contributed by atoms with Crippen LogP contribution in [0.5, 0.6) is 0 Å². The zero-order valence-corrected chi connectivity index (χ0v) is 16.9. The molecule has 3 aliphatic heterocycles. The fourth-order valence-corrected chi connectivity index (χ4v) is 4.35. The van der Waals surface area contributed by atoms with E-state index in [1.807, 2.05) is 32.0 Å². The predicted octanol–water partition coefficient (Wildman–Crippen LogP) is 0.652. The minimum absolute atomic E-state index is 0.133. The molecule has 1 aromatic rings. The summed E-state index contributed by atoms with van der Waals surface area (Å²) in [6.07, 6.45) is 1.60. The Balaban J connectivity index is 1.36. The number of ether oxygens (including phenoxy) is 1. The Morgan fingerprint density at radius 3 is 2.83 bits per heavy atom. The Labute approximate surface area is 170 Å². The van der Waals surface area contributed by atoms with E-state index in [4.69, 9.17) is 4.74 Å². The van der Waals surface area contributed by atoms with Crippen LogP contribution >= 0.6 is 0 Å². The van der Waals surface area contributed by atoms with Crippen molar-refractivity contribution >= 4 is 17.7 Å². The maximum Gasteiger partial charge on any atom is 0.255 e. The Bertz CT molecular complexity index is 838. The van der Waals surface area contributed by atoms with Crippen LogP contribution in [0.25, 0.3) is 0 Å². The maximum atomic E-state index is 12.9. The highest BCUT2D eigenvalue weighted by Crippen LogP contribution is 2.29. The van der Waals surface area contributed by atoms with Crippen molar-refractivity contribution in [2.45, 2.75) is 64.0 Å². The highest BCUT2D eigenvalue weighted by Gasteiger charge is 2.39. The number of amides is 3. The largest absolute Gasteiger partial charge is 0.360 e. The first-order valence-electron chi connectivity index (χ1n) is 10.2. The number of carbonyl (C=O) groups is 3. The molecule has 3 aliphatic rings. The molecule has 2 unspecified atom stereocenters. The van der Waals surface area contributed by atoms with Crippen LogP contribution in [0.1, 0.15) is 54.6 Å². The normalized spacial score (nSPS) is 26.0. The summed E-state index contributed by atoms with van der Waals surface area (Å²) in [6.45, 7) is 6.68. The minimum atomic E-state index is -0.579. The van der Waals surface area contributed by atoms with E-state index in [9.17, 15) is 14.4 Å². The van der Waals surface area contributed by atoms with Crippen molar-refractivity contribution in [1.29, 1.82) is 0 Å². The summed E-state index contributed by atoms with van der Waals surface area (Å²) in [5.41, 5.74) is 2.44. The van der Waals surface area contributed by atoms with Gasteiger partial charge in [-0.1, -0.05) is 12.1 Å². The van der Waals surface area contributed by atoms with E-state index >= 15 is 0 Å². The summed E-state index contributed by atoms with van der Waals surface area (Å²) in [5.74, 6) is -0.784. The molecule has 1 aromatic carbocycles. The quantitative estimate of drug-likeness (QED) is 0.479. The summed E-state index contributed by atoms with van der Waals surface area (Å²) in [5, 5.41) is 9.25.